The van der Waals surface area contributed by atoms with Crippen LogP contribution in [-0.2, 0) is 9.53 Å². The summed E-state index contributed by atoms with van der Waals surface area (Å²) in [6, 6.07) is 10.2. The minimum absolute atomic E-state index is 0.0495. The van der Waals surface area contributed by atoms with Crippen LogP contribution in [0.4, 0.5) is 0 Å². The predicted molar refractivity (Wildman–Crippen MR) is 81.5 cm³/mol. The molecule has 1 fully saturated rings. The van der Waals surface area contributed by atoms with Gasteiger partial charge < -0.3 is 4.74 Å². The molecule has 20 heavy (non-hydrogen) atoms. The average Bonchev–Trinajstić information content (AvgIpc) is 3.25. The van der Waals surface area contributed by atoms with Crippen molar-refractivity contribution < 1.29 is 9.53 Å². The third-order valence-electron chi connectivity index (χ3n) is 3.75. The van der Waals surface area contributed by atoms with Gasteiger partial charge in [-0.3, -0.25) is 4.79 Å². The van der Waals surface area contributed by atoms with Gasteiger partial charge in [0.1, 0.15) is 6.10 Å². The molecule has 0 aromatic heterocycles. The van der Waals surface area contributed by atoms with Gasteiger partial charge in [0.05, 0.1) is 5.92 Å². The number of rotatable bonds is 7. The molecule has 2 heteroatoms. The number of carbonyl (C=O) groups is 1. The zero-order valence-electron chi connectivity index (χ0n) is 12.4. The number of hydrogen-bond acceptors (Lipinski definition) is 2. The van der Waals surface area contributed by atoms with E-state index in [0.29, 0.717) is 5.92 Å². The zero-order chi connectivity index (χ0) is 14.4. The van der Waals surface area contributed by atoms with Crippen molar-refractivity contribution in [1.82, 2.24) is 0 Å². The summed E-state index contributed by atoms with van der Waals surface area (Å²) in [5.41, 5.74) is 1.25. The first-order chi connectivity index (χ1) is 9.72. The van der Waals surface area contributed by atoms with Crippen LogP contribution < -0.4 is 0 Å². The highest BCUT2D eigenvalue weighted by Gasteiger charge is 2.45. The Kier molecular flexibility index (Phi) is 5.40. The number of allylic oxidation sites excluding steroid dienone is 1. The molecule has 0 N–H and O–H groups in total. The van der Waals surface area contributed by atoms with Gasteiger partial charge in [0.2, 0.25) is 0 Å². The first-order valence-corrected chi connectivity index (χ1v) is 7.64. The van der Waals surface area contributed by atoms with E-state index >= 15 is 0 Å². The number of unbranched alkanes of at least 4 members (excludes halogenated alkanes) is 2. The molecule has 1 aromatic rings. The molecule has 2 rings (SSSR count). The second kappa shape index (κ2) is 7.28. The summed E-state index contributed by atoms with van der Waals surface area (Å²) in [6.07, 6.45) is 8.37. The van der Waals surface area contributed by atoms with E-state index in [-0.39, 0.29) is 18.0 Å². The van der Waals surface area contributed by atoms with Crippen LogP contribution in [0.2, 0.25) is 0 Å². The standard InChI is InChI=1S/C18H24O2/c1-3-4-5-7-10-14(2)20-18(19)17-13-16(17)15-11-8-6-9-12-15/h6-12,14,16-17H,3-5,13H2,1-2H3/b10-7+. The van der Waals surface area contributed by atoms with Crippen molar-refractivity contribution in [3.05, 3.63) is 48.0 Å². The van der Waals surface area contributed by atoms with Gasteiger partial charge in [-0.15, -0.1) is 0 Å². The Morgan fingerprint density at radius 3 is 2.85 bits per heavy atom. The highest BCUT2D eigenvalue weighted by molar-refractivity contribution is 5.77. The molecule has 3 unspecified atom stereocenters. The molecule has 3 atom stereocenters. The normalized spacial score (nSPS) is 22.7. The van der Waals surface area contributed by atoms with E-state index in [9.17, 15) is 4.79 Å². The second-order valence-corrected chi connectivity index (χ2v) is 5.57. The van der Waals surface area contributed by atoms with Gasteiger partial charge in [-0.05, 0) is 37.3 Å². The van der Waals surface area contributed by atoms with Gasteiger partial charge in [-0.2, -0.15) is 0 Å². The number of hydrogen-bond donors (Lipinski definition) is 0. The van der Waals surface area contributed by atoms with Crippen molar-refractivity contribution in [2.24, 2.45) is 5.92 Å². The highest BCUT2D eigenvalue weighted by Crippen LogP contribution is 2.48. The lowest BCUT2D eigenvalue weighted by Crippen LogP contribution is -2.14. The van der Waals surface area contributed by atoms with Crippen LogP contribution in [-0.4, -0.2) is 12.1 Å². The van der Waals surface area contributed by atoms with Crippen LogP contribution in [0.1, 0.15) is 51.0 Å². The molecule has 0 aliphatic heterocycles. The van der Waals surface area contributed by atoms with Crippen LogP contribution >= 0.6 is 0 Å². The quantitative estimate of drug-likeness (QED) is 0.416. The van der Waals surface area contributed by atoms with Crippen molar-refractivity contribution in [3.8, 4) is 0 Å². The third-order valence-corrected chi connectivity index (χ3v) is 3.75. The van der Waals surface area contributed by atoms with Gasteiger partial charge in [-0.1, -0.05) is 56.2 Å². The lowest BCUT2D eigenvalue weighted by atomic mass is 10.1. The molecular weight excluding hydrogens is 248 g/mol. The van der Waals surface area contributed by atoms with E-state index in [4.69, 9.17) is 4.74 Å². The Balaban J connectivity index is 1.75. The lowest BCUT2D eigenvalue weighted by molar-refractivity contribution is -0.147. The molecule has 0 radical (unpaired) electrons. The largest absolute Gasteiger partial charge is 0.458 e. The fraction of sp³-hybridized carbons (Fsp3) is 0.500. The average molecular weight is 272 g/mol. The molecule has 0 bridgehead atoms. The van der Waals surface area contributed by atoms with Crippen LogP contribution in [0, 0.1) is 5.92 Å². The molecule has 1 aliphatic carbocycles. The molecule has 2 nitrogen and oxygen atoms in total. The van der Waals surface area contributed by atoms with E-state index in [2.05, 4.69) is 25.1 Å². The summed E-state index contributed by atoms with van der Waals surface area (Å²) in [7, 11) is 0. The van der Waals surface area contributed by atoms with Crippen molar-refractivity contribution in [2.75, 3.05) is 0 Å². The minimum Gasteiger partial charge on any atom is -0.458 e. The maximum Gasteiger partial charge on any atom is 0.310 e. The Morgan fingerprint density at radius 2 is 2.15 bits per heavy atom. The number of benzene rings is 1. The van der Waals surface area contributed by atoms with Gasteiger partial charge >= 0.3 is 5.97 Å². The van der Waals surface area contributed by atoms with E-state index < -0.39 is 0 Å². The second-order valence-electron chi connectivity index (χ2n) is 5.57. The van der Waals surface area contributed by atoms with Crippen LogP contribution in [0.25, 0.3) is 0 Å². The molecule has 1 saturated carbocycles. The van der Waals surface area contributed by atoms with E-state index in [1.54, 1.807) is 0 Å². The van der Waals surface area contributed by atoms with Crippen molar-refractivity contribution in [3.63, 3.8) is 0 Å². The molecule has 1 aromatic carbocycles. The van der Waals surface area contributed by atoms with Crippen LogP contribution in [0.15, 0.2) is 42.5 Å². The lowest BCUT2D eigenvalue weighted by Gasteiger charge is -2.09. The highest BCUT2D eigenvalue weighted by atomic mass is 16.5. The third kappa shape index (κ3) is 4.22. The smallest absolute Gasteiger partial charge is 0.310 e. The van der Waals surface area contributed by atoms with E-state index in [1.807, 2.05) is 31.2 Å². The summed E-state index contributed by atoms with van der Waals surface area (Å²) in [6.45, 7) is 4.11. The molecule has 0 saturated heterocycles. The Morgan fingerprint density at radius 1 is 1.40 bits per heavy atom. The van der Waals surface area contributed by atoms with Crippen LogP contribution in [0.3, 0.4) is 0 Å². The molecule has 1 aliphatic rings. The van der Waals surface area contributed by atoms with Crippen molar-refractivity contribution in [2.45, 2.75) is 51.6 Å². The molecule has 0 heterocycles. The summed E-state index contributed by atoms with van der Waals surface area (Å²) in [5.74, 6) is 0.371. The monoisotopic (exact) mass is 272 g/mol. The fourth-order valence-corrected chi connectivity index (χ4v) is 2.44. The van der Waals surface area contributed by atoms with Crippen LogP contribution in [0.5, 0.6) is 0 Å². The topological polar surface area (TPSA) is 26.3 Å². The maximum absolute atomic E-state index is 12.0. The summed E-state index contributed by atoms with van der Waals surface area (Å²) in [5, 5.41) is 0. The molecule has 0 amide bonds. The Bertz CT molecular complexity index is 450. The van der Waals surface area contributed by atoms with Gasteiger partial charge in [-0.25, -0.2) is 0 Å². The Hall–Kier alpha value is -1.57. The van der Waals surface area contributed by atoms with Gasteiger partial charge in [0.25, 0.3) is 0 Å². The maximum atomic E-state index is 12.0. The molecule has 108 valence electrons. The SMILES string of the molecule is CCCC/C=C/C(C)OC(=O)C1CC1c1ccccc1. The van der Waals surface area contributed by atoms with E-state index in [1.165, 1.54) is 18.4 Å². The summed E-state index contributed by atoms with van der Waals surface area (Å²) in [4.78, 5) is 12.0. The number of ether oxygens (including phenoxy) is 1. The predicted octanol–water partition coefficient (Wildman–Crippen LogP) is 4.47. The summed E-state index contributed by atoms with van der Waals surface area (Å²) < 4.78 is 5.48. The zero-order valence-corrected chi connectivity index (χ0v) is 12.4. The van der Waals surface area contributed by atoms with E-state index in [0.717, 1.165) is 12.8 Å². The summed E-state index contributed by atoms with van der Waals surface area (Å²) >= 11 is 0. The Labute approximate surface area is 121 Å². The first-order valence-electron chi connectivity index (χ1n) is 7.64. The number of carbonyl (C=O) groups excluding carboxylic acids is 1. The molecule has 0 spiro atoms. The number of esters is 1. The first kappa shape index (κ1) is 14.8. The van der Waals surface area contributed by atoms with Crippen molar-refractivity contribution in [1.29, 1.82) is 0 Å². The van der Waals surface area contributed by atoms with Gasteiger partial charge in [0.15, 0.2) is 0 Å². The molecular formula is C18H24O2. The van der Waals surface area contributed by atoms with Crippen molar-refractivity contribution >= 4 is 5.97 Å². The fourth-order valence-electron chi connectivity index (χ4n) is 2.44. The minimum atomic E-state index is -0.114. The van der Waals surface area contributed by atoms with Gasteiger partial charge in [0, 0.05) is 0 Å².